The summed E-state index contributed by atoms with van der Waals surface area (Å²) in [6.07, 6.45) is 1.62. The largest absolute Gasteiger partial charge is 0.497 e. The Kier molecular flexibility index (Phi) is 4.09. The van der Waals surface area contributed by atoms with Crippen LogP contribution in [0.4, 0.5) is 0 Å². The van der Waals surface area contributed by atoms with Crippen molar-refractivity contribution in [1.29, 1.82) is 0 Å². The van der Waals surface area contributed by atoms with E-state index < -0.39 is 0 Å². The zero-order valence-corrected chi connectivity index (χ0v) is 10.6. The molecule has 0 atom stereocenters. The highest BCUT2D eigenvalue weighted by atomic mass is 32.1. The van der Waals surface area contributed by atoms with Crippen LogP contribution in [0.2, 0.25) is 0 Å². The molecule has 0 unspecified atom stereocenters. The van der Waals surface area contributed by atoms with E-state index in [1.807, 2.05) is 17.5 Å². The van der Waals surface area contributed by atoms with Gasteiger partial charge in [-0.05, 0) is 35.7 Å². The third kappa shape index (κ3) is 3.18. The van der Waals surface area contributed by atoms with Gasteiger partial charge in [-0.15, -0.1) is 11.3 Å². The van der Waals surface area contributed by atoms with Gasteiger partial charge in [-0.1, -0.05) is 6.07 Å². The number of rotatable bonds is 4. The number of methoxy groups -OCH3 is 1. The lowest BCUT2D eigenvalue weighted by molar-refractivity contribution is 0.0955. The van der Waals surface area contributed by atoms with E-state index >= 15 is 0 Å². The topological polar surface area (TPSA) is 50.7 Å². The first-order valence-electron chi connectivity index (χ1n) is 5.30. The molecule has 0 aliphatic rings. The quantitative estimate of drug-likeness (QED) is 0.678. The van der Waals surface area contributed by atoms with Gasteiger partial charge in [-0.2, -0.15) is 5.10 Å². The Balaban J connectivity index is 1.95. The van der Waals surface area contributed by atoms with Crippen molar-refractivity contribution < 1.29 is 9.53 Å². The van der Waals surface area contributed by atoms with Gasteiger partial charge >= 0.3 is 0 Å². The second kappa shape index (κ2) is 5.97. The second-order valence-corrected chi connectivity index (χ2v) is 4.42. The van der Waals surface area contributed by atoms with E-state index in [0.29, 0.717) is 11.3 Å². The number of hydrogen-bond donors (Lipinski definition) is 1. The number of ether oxygens (including phenoxy) is 1. The Labute approximate surface area is 109 Å². The molecule has 1 heterocycles. The van der Waals surface area contributed by atoms with E-state index in [0.717, 1.165) is 4.88 Å². The molecule has 0 spiro atoms. The monoisotopic (exact) mass is 260 g/mol. The lowest BCUT2D eigenvalue weighted by Crippen LogP contribution is -2.17. The highest BCUT2D eigenvalue weighted by Gasteiger charge is 2.03. The van der Waals surface area contributed by atoms with Gasteiger partial charge in [0.05, 0.1) is 13.3 Å². The lowest BCUT2D eigenvalue weighted by Gasteiger charge is -2.01. The number of nitrogens with zero attached hydrogens (tertiary/aromatic N) is 1. The molecule has 18 heavy (non-hydrogen) atoms. The maximum absolute atomic E-state index is 11.7. The molecule has 4 nitrogen and oxygen atoms in total. The molecule has 1 aromatic heterocycles. The van der Waals surface area contributed by atoms with Crippen molar-refractivity contribution in [3.63, 3.8) is 0 Å². The highest BCUT2D eigenvalue weighted by Crippen LogP contribution is 2.11. The van der Waals surface area contributed by atoms with Gasteiger partial charge in [0.25, 0.3) is 5.91 Å². The smallest absolute Gasteiger partial charge is 0.271 e. The predicted molar refractivity (Wildman–Crippen MR) is 72.4 cm³/mol. The SMILES string of the molecule is COc1ccc(C(=O)NN=Cc2cccs2)cc1. The average molecular weight is 260 g/mol. The minimum atomic E-state index is -0.245. The first kappa shape index (κ1) is 12.3. The van der Waals surface area contributed by atoms with Crippen molar-refractivity contribution in [2.75, 3.05) is 7.11 Å². The summed E-state index contributed by atoms with van der Waals surface area (Å²) >= 11 is 1.56. The van der Waals surface area contributed by atoms with E-state index in [-0.39, 0.29) is 5.91 Å². The number of thiophene rings is 1. The molecule has 0 saturated heterocycles. The number of hydrazone groups is 1. The van der Waals surface area contributed by atoms with Gasteiger partial charge in [0, 0.05) is 10.4 Å². The molecule has 2 rings (SSSR count). The van der Waals surface area contributed by atoms with Crippen LogP contribution in [0.25, 0.3) is 0 Å². The minimum absolute atomic E-state index is 0.245. The first-order chi connectivity index (χ1) is 8.79. The van der Waals surface area contributed by atoms with Crippen LogP contribution in [0.15, 0.2) is 46.9 Å². The summed E-state index contributed by atoms with van der Waals surface area (Å²) in [6, 6.07) is 10.7. The van der Waals surface area contributed by atoms with Crippen LogP contribution in [-0.2, 0) is 0 Å². The zero-order valence-electron chi connectivity index (χ0n) is 9.79. The number of benzene rings is 1. The molecule has 2 aromatic rings. The van der Waals surface area contributed by atoms with Crippen molar-refractivity contribution in [3.8, 4) is 5.75 Å². The Bertz CT molecular complexity index is 533. The molecular weight excluding hydrogens is 248 g/mol. The molecule has 5 heteroatoms. The van der Waals surface area contributed by atoms with Crippen molar-refractivity contribution in [2.45, 2.75) is 0 Å². The zero-order chi connectivity index (χ0) is 12.8. The normalized spacial score (nSPS) is 10.5. The summed E-state index contributed by atoms with van der Waals surface area (Å²) in [4.78, 5) is 12.7. The molecule has 0 fully saturated rings. The van der Waals surface area contributed by atoms with Gasteiger partial charge in [0.15, 0.2) is 0 Å². The molecule has 92 valence electrons. The summed E-state index contributed by atoms with van der Waals surface area (Å²) < 4.78 is 5.02. The maximum atomic E-state index is 11.7. The van der Waals surface area contributed by atoms with E-state index in [4.69, 9.17) is 4.74 Å². The summed E-state index contributed by atoms with van der Waals surface area (Å²) in [5.41, 5.74) is 3.01. The Hall–Kier alpha value is -2.14. The van der Waals surface area contributed by atoms with Gasteiger partial charge in [0.2, 0.25) is 0 Å². The van der Waals surface area contributed by atoms with Gasteiger partial charge in [-0.3, -0.25) is 4.79 Å². The molecule has 0 aliphatic heterocycles. The van der Waals surface area contributed by atoms with Crippen LogP contribution in [0.1, 0.15) is 15.2 Å². The second-order valence-electron chi connectivity index (χ2n) is 3.44. The molecule has 0 bridgehead atoms. The van der Waals surface area contributed by atoms with Crippen molar-refractivity contribution in [3.05, 3.63) is 52.2 Å². The van der Waals surface area contributed by atoms with Crippen LogP contribution in [-0.4, -0.2) is 19.2 Å². The van der Waals surface area contributed by atoms with E-state index in [2.05, 4.69) is 10.5 Å². The maximum Gasteiger partial charge on any atom is 0.271 e. The van der Waals surface area contributed by atoms with Crippen LogP contribution in [0, 0.1) is 0 Å². The number of nitrogens with one attached hydrogen (secondary N) is 1. The molecular formula is C13H12N2O2S. The summed E-state index contributed by atoms with van der Waals surface area (Å²) in [5.74, 6) is 0.471. The lowest BCUT2D eigenvalue weighted by atomic mass is 10.2. The van der Waals surface area contributed by atoms with Crippen LogP contribution < -0.4 is 10.2 Å². The van der Waals surface area contributed by atoms with Gasteiger partial charge < -0.3 is 4.74 Å². The summed E-state index contributed by atoms with van der Waals surface area (Å²) in [6.45, 7) is 0. The third-order valence-electron chi connectivity index (χ3n) is 2.25. The molecule has 1 N–H and O–H groups in total. The van der Waals surface area contributed by atoms with E-state index in [9.17, 15) is 4.79 Å². The Morgan fingerprint density at radius 3 is 2.72 bits per heavy atom. The molecule has 1 amide bonds. The molecule has 0 saturated carbocycles. The molecule has 0 aliphatic carbocycles. The van der Waals surface area contributed by atoms with Crippen LogP contribution in [0.3, 0.4) is 0 Å². The van der Waals surface area contributed by atoms with Gasteiger partial charge in [0.1, 0.15) is 5.75 Å². The van der Waals surface area contributed by atoms with Crippen LogP contribution >= 0.6 is 11.3 Å². The van der Waals surface area contributed by atoms with Crippen molar-refractivity contribution in [1.82, 2.24) is 5.43 Å². The minimum Gasteiger partial charge on any atom is -0.497 e. The molecule has 1 aromatic carbocycles. The predicted octanol–water partition coefficient (Wildman–Crippen LogP) is 2.52. The number of amides is 1. The first-order valence-corrected chi connectivity index (χ1v) is 6.18. The van der Waals surface area contributed by atoms with Crippen molar-refractivity contribution >= 4 is 23.5 Å². The fourth-order valence-corrected chi connectivity index (χ4v) is 1.91. The number of carbonyl (C=O) groups is 1. The Morgan fingerprint density at radius 1 is 1.33 bits per heavy atom. The number of carbonyl (C=O) groups excluding carboxylic acids is 1. The summed E-state index contributed by atoms with van der Waals surface area (Å²) in [7, 11) is 1.58. The number of hydrogen-bond acceptors (Lipinski definition) is 4. The third-order valence-corrected chi connectivity index (χ3v) is 3.06. The Morgan fingerprint density at radius 2 is 2.11 bits per heavy atom. The van der Waals surface area contributed by atoms with Gasteiger partial charge in [-0.25, -0.2) is 5.43 Å². The van der Waals surface area contributed by atoms with Crippen molar-refractivity contribution in [2.24, 2.45) is 5.10 Å². The molecule has 0 radical (unpaired) electrons. The standard InChI is InChI=1S/C13H12N2O2S/c1-17-11-6-4-10(5-7-11)13(16)15-14-9-12-3-2-8-18-12/h2-9H,1H3,(H,15,16). The average Bonchev–Trinajstić information content (AvgIpc) is 2.92. The summed E-state index contributed by atoms with van der Waals surface area (Å²) in [5, 5.41) is 5.84. The fraction of sp³-hybridized carbons (Fsp3) is 0.0769. The fourth-order valence-electron chi connectivity index (χ4n) is 1.33. The highest BCUT2D eigenvalue weighted by molar-refractivity contribution is 7.11. The van der Waals surface area contributed by atoms with Crippen LogP contribution in [0.5, 0.6) is 5.75 Å². The van der Waals surface area contributed by atoms with E-state index in [1.54, 1.807) is 48.9 Å². The van der Waals surface area contributed by atoms with E-state index in [1.165, 1.54) is 0 Å².